The van der Waals surface area contributed by atoms with E-state index in [-0.39, 0.29) is 10.5 Å². The van der Waals surface area contributed by atoms with E-state index in [0.717, 1.165) is 9.64 Å². The molecule has 0 spiro atoms. The summed E-state index contributed by atoms with van der Waals surface area (Å²) in [5, 5.41) is 8.89. The molecule has 0 aromatic heterocycles. The van der Waals surface area contributed by atoms with E-state index in [2.05, 4.69) is 4.72 Å². The Bertz CT molecular complexity index is 758. The monoisotopic (exact) mass is 403 g/mol. The zero-order chi connectivity index (χ0) is 14.8. The highest BCUT2D eigenvalue weighted by atomic mass is 127. The summed E-state index contributed by atoms with van der Waals surface area (Å²) < 4.78 is 27.6. The predicted octanol–water partition coefficient (Wildman–Crippen LogP) is 2.79. The quantitative estimate of drug-likeness (QED) is 0.770. The number of carboxylic acids is 1. The summed E-state index contributed by atoms with van der Waals surface area (Å²) in [4.78, 5) is 10.8. The number of rotatable bonds is 4. The molecule has 5 nitrogen and oxygen atoms in total. The average molecular weight is 403 g/mol. The second-order valence-electron chi connectivity index (χ2n) is 3.92. The molecular formula is C13H10INO4S. The zero-order valence-electron chi connectivity index (χ0n) is 10.1. The molecule has 0 radical (unpaired) electrons. The molecule has 0 bridgehead atoms. The molecule has 0 amide bonds. The third-order valence-corrected chi connectivity index (χ3v) is 4.81. The summed E-state index contributed by atoms with van der Waals surface area (Å²) in [5.74, 6) is -1.17. The number of nitrogens with one attached hydrogen (secondary N) is 1. The van der Waals surface area contributed by atoms with Crippen LogP contribution in [-0.2, 0) is 10.0 Å². The molecule has 0 aliphatic heterocycles. The van der Waals surface area contributed by atoms with Gasteiger partial charge in [0.15, 0.2) is 0 Å². The maximum Gasteiger partial charge on any atom is 0.335 e. The number of anilines is 1. The Morgan fingerprint density at radius 3 is 2.45 bits per heavy atom. The molecule has 0 aliphatic rings. The van der Waals surface area contributed by atoms with Crippen LogP contribution in [0, 0.1) is 3.57 Å². The molecule has 0 unspecified atom stereocenters. The maximum absolute atomic E-state index is 12.2. The first kappa shape index (κ1) is 14.8. The van der Waals surface area contributed by atoms with Crippen LogP contribution in [-0.4, -0.2) is 19.5 Å². The first-order valence-corrected chi connectivity index (χ1v) is 8.07. The van der Waals surface area contributed by atoms with E-state index in [9.17, 15) is 13.2 Å². The van der Waals surface area contributed by atoms with Crippen LogP contribution in [0.5, 0.6) is 0 Å². The van der Waals surface area contributed by atoms with Gasteiger partial charge in [-0.2, -0.15) is 0 Å². The SMILES string of the molecule is O=C(O)c1cccc(S(=O)(=O)Nc2ccccc2I)c1. The number of halogens is 1. The van der Waals surface area contributed by atoms with E-state index < -0.39 is 16.0 Å². The van der Waals surface area contributed by atoms with Gasteiger partial charge >= 0.3 is 5.97 Å². The molecule has 0 saturated heterocycles. The fourth-order valence-electron chi connectivity index (χ4n) is 1.54. The van der Waals surface area contributed by atoms with Crippen LogP contribution in [0.25, 0.3) is 0 Å². The van der Waals surface area contributed by atoms with Crippen molar-refractivity contribution in [2.45, 2.75) is 4.90 Å². The van der Waals surface area contributed by atoms with Crippen LogP contribution < -0.4 is 4.72 Å². The van der Waals surface area contributed by atoms with Gasteiger partial charge in [-0.05, 0) is 52.9 Å². The van der Waals surface area contributed by atoms with Crippen molar-refractivity contribution in [2.24, 2.45) is 0 Å². The Labute approximate surface area is 129 Å². The third kappa shape index (κ3) is 3.28. The lowest BCUT2D eigenvalue weighted by Gasteiger charge is -2.10. The Kier molecular flexibility index (Phi) is 4.29. The standard InChI is InChI=1S/C13H10INO4S/c14-11-6-1-2-7-12(11)15-20(18,19)10-5-3-4-9(8-10)13(16)17/h1-8,15H,(H,16,17). The second-order valence-corrected chi connectivity index (χ2v) is 6.76. The molecule has 2 aromatic rings. The summed E-state index contributed by atoms with van der Waals surface area (Å²) in [6, 6.07) is 12.1. The number of hydrogen-bond donors (Lipinski definition) is 2. The Balaban J connectivity index is 2.38. The Morgan fingerprint density at radius 2 is 1.80 bits per heavy atom. The first-order chi connectivity index (χ1) is 9.40. The number of aromatic carboxylic acids is 1. The van der Waals surface area contributed by atoms with E-state index in [4.69, 9.17) is 5.11 Å². The molecule has 0 saturated carbocycles. The lowest BCUT2D eigenvalue weighted by atomic mass is 10.2. The van der Waals surface area contributed by atoms with Gasteiger partial charge in [-0.25, -0.2) is 13.2 Å². The summed E-state index contributed by atoms with van der Waals surface area (Å²) in [7, 11) is -3.81. The normalized spacial score (nSPS) is 11.1. The fraction of sp³-hybridized carbons (Fsp3) is 0. The highest BCUT2D eigenvalue weighted by Gasteiger charge is 2.17. The summed E-state index contributed by atoms with van der Waals surface area (Å²) in [6.07, 6.45) is 0. The van der Waals surface area contributed by atoms with Gasteiger partial charge in [0.05, 0.1) is 16.1 Å². The number of carboxylic acid groups (broad SMARTS) is 1. The van der Waals surface area contributed by atoms with Crippen LogP contribution >= 0.6 is 22.6 Å². The summed E-state index contributed by atoms with van der Waals surface area (Å²) >= 11 is 2.02. The van der Waals surface area contributed by atoms with Crippen molar-refractivity contribution in [1.29, 1.82) is 0 Å². The number of sulfonamides is 1. The van der Waals surface area contributed by atoms with Crippen LogP contribution in [0.1, 0.15) is 10.4 Å². The second kappa shape index (κ2) is 5.80. The van der Waals surface area contributed by atoms with Gasteiger partial charge in [0.2, 0.25) is 0 Å². The molecule has 0 aliphatic carbocycles. The molecule has 2 aromatic carbocycles. The van der Waals surface area contributed by atoms with Crippen molar-refractivity contribution in [2.75, 3.05) is 4.72 Å². The van der Waals surface area contributed by atoms with Crippen molar-refractivity contribution in [3.8, 4) is 0 Å². The van der Waals surface area contributed by atoms with Gasteiger partial charge in [0, 0.05) is 3.57 Å². The highest BCUT2D eigenvalue weighted by Crippen LogP contribution is 2.21. The van der Waals surface area contributed by atoms with Crippen LogP contribution in [0.4, 0.5) is 5.69 Å². The molecule has 2 rings (SSSR count). The lowest BCUT2D eigenvalue weighted by molar-refractivity contribution is 0.0696. The summed E-state index contributed by atoms with van der Waals surface area (Å²) in [5.41, 5.74) is 0.379. The fourth-order valence-corrected chi connectivity index (χ4v) is 3.37. The summed E-state index contributed by atoms with van der Waals surface area (Å²) in [6.45, 7) is 0. The molecular weight excluding hydrogens is 393 g/mol. The Hall–Kier alpha value is -1.61. The van der Waals surface area contributed by atoms with Gasteiger partial charge in [-0.1, -0.05) is 18.2 Å². The van der Waals surface area contributed by atoms with Crippen LogP contribution in [0.15, 0.2) is 53.4 Å². The maximum atomic E-state index is 12.2. The number of para-hydroxylation sites is 1. The van der Waals surface area contributed by atoms with E-state index in [1.165, 1.54) is 18.2 Å². The lowest BCUT2D eigenvalue weighted by Crippen LogP contribution is -2.14. The van der Waals surface area contributed by atoms with Gasteiger partial charge in [0.25, 0.3) is 10.0 Å². The molecule has 7 heteroatoms. The van der Waals surface area contributed by atoms with Crippen molar-refractivity contribution in [3.05, 3.63) is 57.7 Å². The third-order valence-electron chi connectivity index (χ3n) is 2.51. The van der Waals surface area contributed by atoms with E-state index in [1.807, 2.05) is 22.6 Å². The largest absolute Gasteiger partial charge is 0.478 e. The molecule has 0 fully saturated rings. The Morgan fingerprint density at radius 1 is 1.10 bits per heavy atom. The van der Waals surface area contributed by atoms with Crippen molar-refractivity contribution in [1.82, 2.24) is 0 Å². The van der Waals surface area contributed by atoms with Gasteiger partial charge in [-0.3, -0.25) is 4.72 Å². The zero-order valence-corrected chi connectivity index (χ0v) is 13.1. The van der Waals surface area contributed by atoms with Gasteiger partial charge in [0.1, 0.15) is 0 Å². The highest BCUT2D eigenvalue weighted by molar-refractivity contribution is 14.1. The molecule has 104 valence electrons. The smallest absolute Gasteiger partial charge is 0.335 e. The number of carbonyl (C=O) groups is 1. The van der Waals surface area contributed by atoms with Gasteiger partial charge < -0.3 is 5.11 Å². The van der Waals surface area contributed by atoms with Crippen LogP contribution in [0.2, 0.25) is 0 Å². The molecule has 0 atom stereocenters. The average Bonchev–Trinajstić information content (AvgIpc) is 2.41. The van der Waals surface area contributed by atoms with E-state index in [1.54, 1.807) is 24.3 Å². The van der Waals surface area contributed by atoms with Gasteiger partial charge in [-0.15, -0.1) is 0 Å². The number of benzene rings is 2. The topological polar surface area (TPSA) is 83.5 Å². The molecule has 0 heterocycles. The van der Waals surface area contributed by atoms with Crippen molar-refractivity contribution >= 4 is 44.3 Å². The first-order valence-electron chi connectivity index (χ1n) is 5.51. The molecule has 2 N–H and O–H groups in total. The minimum atomic E-state index is -3.81. The van der Waals surface area contributed by atoms with E-state index >= 15 is 0 Å². The molecule has 20 heavy (non-hydrogen) atoms. The predicted molar refractivity (Wildman–Crippen MR) is 83.4 cm³/mol. The van der Waals surface area contributed by atoms with E-state index in [0.29, 0.717) is 5.69 Å². The number of hydrogen-bond acceptors (Lipinski definition) is 3. The van der Waals surface area contributed by atoms with Crippen molar-refractivity contribution in [3.63, 3.8) is 0 Å². The minimum absolute atomic E-state index is 0.0735. The van der Waals surface area contributed by atoms with Crippen molar-refractivity contribution < 1.29 is 18.3 Å². The van der Waals surface area contributed by atoms with Crippen LogP contribution in [0.3, 0.4) is 0 Å². The minimum Gasteiger partial charge on any atom is -0.478 e.